The summed E-state index contributed by atoms with van der Waals surface area (Å²) in [6.07, 6.45) is 9.95. The van der Waals surface area contributed by atoms with Crippen LogP contribution in [0.4, 0.5) is 11.4 Å². The van der Waals surface area contributed by atoms with Crippen molar-refractivity contribution >= 4 is 11.4 Å². The molecule has 1 aromatic carbocycles. The molecule has 2 aliphatic rings. The van der Waals surface area contributed by atoms with Gasteiger partial charge in [-0.15, -0.1) is 0 Å². The van der Waals surface area contributed by atoms with E-state index in [-0.39, 0.29) is 0 Å². The van der Waals surface area contributed by atoms with Crippen molar-refractivity contribution in [2.45, 2.75) is 78.2 Å². The van der Waals surface area contributed by atoms with Crippen molar-refractivity contribution < 1.29 is 0 Å². The van der Waals surface area contributed by atoms with E-state index in [0.717, 1.165) is 30.6 Å². The van der Waals surface area contributed by atoms with Crippen LogP contribution in [0.15, 0.2) is 30.4 Å². The summed E-state index contributed by atoms with van der Waals surface area (Å²) < 4.78 is 0. The lowest BCUT2D eigenvalue weighted by Gasteiger charge is -2.41. The van der Waals surface area contributed by atoms with E-state index in [9.17, 15) is 0 Å². The third kappa shape index (κ3) is 4.15. The largest absolute Gasteiger partial charge is 0.397 e. The molecule has 1 spiro atoms. The van der Waals surface area contributed by atoms with Gasteiger partial charge in [0.2, 0.25) is 0 Å². The smallest absolute Gasteiger partial charge is 0.0576 e. The highest BCUT2D eigenvalue weighted by Crippen LogP contribution is 2.61. The van der Waals surface area contributed by atoms with Crippen molar-refractivity contribution in [1.82, 2.24) is 0 Å². The van der Waals surface area contributed by atoms with Gasteiger partial charge in [0.1, 0.15) is 0 Å². The average molecular weight is 327 g/mol. The first kappa shape index (κ1) is 17.4. The minimum Gasteiger partial charge on any atom is -0.397 e. The maximum absolute atomic E-state index is 6.34. The summed E-state index contributed by atoms with van der Waals surface area (Å²) in [6.45, 7) is 11.1. The molecule has 3 rings (SSSR count). The Balaban J connectivity index is 1.64. The second-order valence-corrected chi connectivity index (χ2v) is 9.12. The zero-order valence-electron chi connectivity index (χ0n) is 15.8. The number of allylic oxidation sites excluding steroid dienone is 1. The van der Waals surface area contributed by atoms with Crippen LogP contribution in [-0.4, -0.2) is 6.04 Å². The Morgan fingerprint density at radius 1 is 1.29 bits per heavy atom. The first-order valence-electron chi connectivity index (χ1n) is 9.62. The molecule has 0 bridgehead atoms. The number of hydrogen-bond acceptors (Lipinski definition) is 2. The maximum Gasteiger partial charge on any atom is 0.0576 e. The van der Waals surface area contributed by atoms with Gasteiger partial charge in [-0.3, -0.25) is 0 Å². The molecule has 2 fully saturated rings. The van der Waals surface area contributed by atoms with Gasteiger partial charge >= 0.3 is 0 Å². The summed E-state index contributed by atoms with van der Waals surface area (Å²) in [7, 11) is 0. The molecule has 24 heavy (non-hydrogen) atoms. The fourth-order valence-corrected chi connectivity index (χ4v) is 4.70. The Morgan fingerprint density at radius 2 is 2.04 bits per heavy atom. The molecule has 1 aromatic rings. The van der Waals surface area contributed by atoms with Gasteiger partial charge in [0.15, 0.2) is 0 Å². The second kappa shape index (κ2) is 6.46. The lowest BCUT2D eigenvalue weighted by atomic mass is 9.68. The molecule has 0 amide bonds. The fraction of sp³-hybridized carbons (Fsp3) is 0.636. The summed E-state index contributed by atoms with van der Waals surface area (Å²) in [5.74, 6) is 0. The van der Waals surface area contributed by atoms with E-state index in [2.05, 4.69) is 50.9 Å². The van der Waals surface area contributed by atoms with Gasteiger partial charge in [0.25, 0.3) is 0 Å². The van der Waals surface area contributed by atoms with Gasteiger partial charge in [-0.2, -0.15) is 0 Å². The van der Waals surface area contributed by atoms with Crippen LogP contribution in [0.2, 0.25) is 0 Å². The monoisotopic (exact) mass is 326 g/mol. The normalized spacial score (nSPS) is 23.9. The Hall–Kier alpha value is -1.44. The standard InChI is InChI=1S/C22H34N2/c1-5-16(2)6-7-17-8-9-20(19(23)12-17)24-18-13-21(3,4)15-22(14-18)10-11-22/h8-9,12,18,24H,2,5-7,10-11,13-15,23H2,1,3-4H3. The number of nitrogens with two attached hydrogens (primary N) is 1. The first-order valence-corrected chi connectivity index (χ1v) is 9.62. The van der Waals surface area contributed by atoms with Crippen LogP contribution in [0.25, 0.3) is 0 Å². The molecule has 1 atom stereocenters. The van der Waals surface area contributed by atoms with Crippen molar-refractivity contribution in [3.63, 3.8) is 0 Å². The highest BCUT2D eigenvalue weighted by molar-refractivity contribution is 5.67. The van der Waals surface area contributed by atoms with E-state index in [1.54, 1.807) is 0 Å². The zero-order chi connectivity index (χ0) is 17.4. The second-order valence-electron chi connectivity index (χ2n) is 9.12. The van der Waals surface area contributed by atoms with Crippen LogP contribution >= 0.6 is 0 Å². The topological polar surface area (TPSA) is 38.0 Å². The minimum absolute atomic E-state index is 0.446. The van der Waals surface area contributed by atoms with Gasteiger partial charge < -0.3 is 11.1 Å². The first-order chi connectivity index (χ1) is 11.3. The van der Waals surface area contributed by atoms with E-state index in [1.807, 2.05) is 0 Å². The molecule has 0 aliphatic heterocycles. The summed E-state index contributed by atoms with van der Waals surface area (Å²) >= 11 is 0. The van der Waals surface area contributed by atoms with Gasteiger partial charge in [0.05, 0.1) is 11.4 Å². The molecule has 0 saturated heterocycles. The molecule has 0 aromatic heterocycles. The van der Waals surface area contributed by atoms with Crippen LogP contribution in [0.1, 0.15) is 71.3 Å². The molecular formula is C22H34N2. The molecule has 3 N–H and O–H groups in total. The number of benzene rings is 1. The molecule has 132 valence electrons. The highest BCUT2D eigenvalue weighted by atomic mass is 14.9. The Bertz CT molecular complexity index is 604. The lowest BCUT2D eigenvalue weighted by Crippen LogP contribution is -2.37. The fourth-order valence-electron chi connectivity index (χ4n) is 4.70. The molecule has 2 heteroatoms. The van der Waals surface area contributed by atoms with Crippen LogP contribution in [0.3, 0.4) is 0 Å². The Morgan fingerprint density at radius 3 is 2.67 bits per heavy atom. The molecule has 2 saturated carbocycles. The number of anilines is 2. The van der Waals surface area contributed by atoms with E-state index in [1.165, 1.54) is 43.2 Å². The van der Waals surface area contributed by atoms with E-state index in [0.29, 0.717) is 16.9 Å². The van der Waals surface area contributed by atoms with Crippen LogP contribution in [0.5, 0.6) is 0 Å². The van der Waals surface area contributed by atoms with E-state index < -0.39 is 0 Å². The zero-order valence-corrected chi connectivity index (χ0v) is 15.8. The third-order valence-corrected chi connectivity index (χ3v) is 6.03. The van der Waals surface area contributed by atoms with Crippen molar-refractivity contribution in [3.8, 4) is 0 Å². The van der Waals surface area contributed by atoms with Gasteiger partial charge in [-0.25, -0.2) is 0 Å². The Labute approximate surface area is 147 Å². The predicted molar refractivity (Wildman–Crippen MR) is 105 cm³/mol. The molecule has 1 unspecified atom stereocenters. The number of nitrogen functional groups attached to an aromatic ring is 1. The van der Waals surface area contributed by atoms with Crippen molar-refractivity contribution in [3.05, 3.63) is 35.9 Å². The quantitative estimate of drug-likeness (QED) is 0.501. The number of hydrogen-bond donors (Lipinski definition) is 2. The van der Waals surface area contributed by atoms with Gasteiger partial charge in [-0.05, 0) is 79.9 Å². The summed E-state index contributed by atoms with van der Waals surface area (Å²) in [5, 5.41) is 3.76. The number of rotatable bonds is 6. The van der Waals surface area contributed by atoms with Gasteiger partial charge in [0, 0.05) is 6.04 Å². The third-order valence-electron chi connectivity index (χ3n) is 6.03. The van der Waals surface area contributed by atoms with Crippen LogP contribution in [0, 0.1) is 10.8 Å². The van der Waals surface area contributed by atoms with E-state index >= 15 is 0 Å². The predicted octanol–water partition coefficient (Wildman–Crippen LogP) is 5.94. The SMILES string of the molecule is C=C(CC)CCc1ccc(NC2CC(C)(C)CC3(CC3)C2)c(N)c1. The molecule has 2 nitrogen and oxygen atoms in total. The number of aryl methyl sites for hydroxylation is 1. The molecule has 0 heterocycles. The summed E-state index contributed by atoms with van der Waals surface area (Å²) in [5.41, 5.74) is 12.1. The number of nitrogens with one attached hydrogen (secondary N) is 1. The minimum atomic E-state index is 0.446. The lowest BCUT2D eigenvalue weighted by molar-refractivity contribution is 0.152. The summed E-state index contributed by atoms with van der Waals surface area (Å²) in [4.78, 5) is 0. The molecular weight excluding hydrogens is 292 g/mol. The van der Waals surface area contributed by atoms with Crippen LogP contribution < -0.4 is 11.1 Å². The van der Waals surface area contributed by atoms with Crippen molar-refractivity contribution in [2.24, 2.45) is 10.8 Å². The average Bonchev–Trinajstić information content (AvgIpc) is 3.23. The maximum atomic E-state index is 6.34. The van der Waals surface area contributed by atoms with Gasteiger partial charge in [-0.1, -0.05) is 39.0 Å². The highest BCUT2D eigenvalue weighted by Gasteiger charge is 2.51. The van der Waals surface area contributed by atoms with Crippen molar-refractivity contribution in [2.75, 3.05) is 11.1 Å². The summed E-state index contributed by atoms with van der Waals surface area (Å²) in [6, 6.07) is 7.11. The van der Waals surface area contributed by atoms with Crippen molar-refractivity contribution in [1.29, 1.82) is 0 Å². The van der Waals surface area contributed by atoms with Crippen LogP contribution in [-0.2, 0) is 6.42 Å². The van der Waals surface area contributed by atoms with E-state index in [4.69, 9.17) is 5.73 Å². The Kier molecular flexibility index (Phi) is 4.68. The molecule has 2 aliphatic carbocycles. The molecule has 0 radical (unpaired) electrons.